The predicted octanol–water partition coefficient (Wildman–Crippen LogP) is 15.8. The molecule has 1 atom stereocenters. The van der Waals surface area contributed by atoms with Crippen LogP contribution in [0, 0.1) is 0 Å². The Hall–Kier alpha value is -0.530. The standard InChI is InChI=1S/C44H82ClN/c1-3-5-7-9-11-13-15-17-19-21-23-25-27-29-31-36-40-46(42-44(45)43-38-34-33-35-39-43)41-37-32-30-28-26-24-22-20-18-16-14-12-10-8-6-4-2/h33-35,38-39,44H,3-32,36-37,40-42H2,1-2H3. The van der Waals surface area contributed by atoms with E-state index in [1.165, 1.54) is 224 Å². The van der Waals surface area contributed by atoms with Gasteiger partial charge in [-0.2, -0.15) is 0 Å². The number of rotatable bonds is 37. The van der Waals surface area contributed by atoms with Crippen molar-refractivity contribution in [3.8, 4) is 0 Å². The highest BCUT2D eigenvalue weighted by Crippen LogP contribution is 2.22. The van der Waals surface area contributed by atoms with Crippen molar-refractivity contribution in [2.75, 3.05) is 19.6 Å². The summed E-state index contributed by atoms with van der Waals surface area (Å²) >= 11 is 6.91. The summed E-state index contributed by atoms with van der Waals surface area (Å²) in [5, 5.41) is 0.100. The second-order valence-corrected chi connectivity index (χ2v) is 15.3. The minimum atomic E-state index is 0.100. The summed E-state index contributed by atoms with van der Waals surface area (Å²) in [4.78, 5) is 2.68. The molecule has 1 nitrogen and oxygen atoms in total. The average Bonchev–Trinajstić information content (AvgIpc) is 3.08. The molecule has 2 heteroatoms. The van der Waals surface area contributed by atoms with Crippen molar-refractivity contribution < 1.29 is 0 Å². The summed E-state index contributed by atoms with van der Waals surface area (Å²) < 4.78 is 0. The first-order valence-electron chi connectivity index (χ1n) is 21.2. The maximum Gasteiger partial charge on any atom is 0.0712 e. The van der Waals surface area contributed by atoms with E-state index >= 15 is 0 Å². The lowest BCUT2D eigenvalue weighted by atomic mass is 10.0. The fraction of sp³-hybridized carbons (Fsp3) is 0.864. The van der Waals surface area contributed by atoms with E-state index in [9.17, 15) is 0 Å². The molecule has 1 aromatic carbocycles. The van der Waals surface area contributed by atoms with Crippen LogP contribution in [-0.2, 0) is 0 Å². The van der Waals surface area contributed by atoms with Crippen LogP contribution in [0.25, 0.3) is 0 Å². The van der Waals surface area contributed by atoms with E-state index in [0.717, 1.165) is 6.54 Å². The summed E-state index contributed by atoms with van der Waals surface area (Å²) in [6.45, 7) is 8.03. The Kier molecular flexibility index (Phi) is 33.8. The van der Waals surface area contributed by atoms with E-state index in [0.29, 0.717) is 0 Å². The van der Waals surface area contributed by atoms with E-state index in [1.807, 2.05) is 0 Å². The Morgan fingerprint density at radius 1 is 0.391 bits per heavy atom. The number of unbranched alkanes of at least 4 members (excludes halogenated alkanes) is 30. The van der Waals surface area contributed by atoms with Crippen molar-refractivity contribution in [3.63, 3.8) is 0 Å². The van der Waals surface area contributed by atoms with Gasteiger partial charge in [-0.05, 0) is 31.5 Å². The minimum Gasteiger partial charge on any atom is -0.302 e. The fourth-order valence-electron chi connectivity index (χ4n) is 7.06. The molecule has 0 aromatic heterocycles. The van der Waals surface area contributed by atoms with Gasteiger partial charge in [0.25, 0.3) is 0 Å². The highest BCUT2D eigenvalue weighted by atomic mass is 35.5. The first kappa shape index (κ1) is 43.5. The number of alkyl halides is 1. The lowest BCUT2D eigenvalue weighted by molar-refractivity contribution is 0.260. The van der Waals surface area contributed by atoms with Crippen LogP contribution in [-0.4, -0.2) is 24.5 Å². The molecule has 46 heavy (non-hydrogen) atoms. The van der Waals surface area contributed by atoms with Gasteiger partial charge in [0, 0.05) is 6.54 Å². The largest absolute Gasteiger partial charge is 0.302 e. The minimum absolute atomic E-state index is 0.100. The van der Waals surface area contributed by atoms with Gasteiger partial charge in [-0.15, -0.1) is 11.6 Å². The van der Waals surface area contributed by atoms with Crippen LogP contribution in [0.2, 0.25) is 0 Å². The first-order valence-corrected chi connectivity index (χ1v) is 21.6. The number of hydrogen-bond acceptors (Lipinski definition) is 1. The highest BCUT2D eigenvalue weighted by molar-refractivity contribution is 6.21. The quantitative estimate of drug-likeness (QED) is 0.0507. The first-order chi connectivity index (χ1) is 22.8. The maximum absolute atomic E-state index is 6.91. The number of halogens is 1. The lowest BCUT2D eigenvalue weighted by Gasteiger charge is -2.25. The molecule has 0 aliphatic heterocycles. The van der Waals surface area contributed by atoms with Crippen molar-refractivity contribution >= 4 is 11.6 Å². The number of benzene rings is 1. The highest BCUT2D eigenvalue weighted by Gasteiger charge is 2.13. The van der Waals surface area contributed by atoms with Crippen molar-refractivity contribution in [2.24, 2.45) is 0 Å². The lowest BCUT2D eigenvalue weighted by Crippen LogP contribution is -2.29. The summed E-state index contributed by atoms with van der Waals surface area (Å²) in [6.07, 6.45) is 45.9. The molecule has 0 saturated heterocycles. The van der Waals surface area contributed by atoms with Crippen molar-refractivity contribution in [3.05, 3.63) is 35.9 Å². The molecule has 0 aliphatic carbocycles. The van der Waals surface area contributed by atoms with E-state index < -0.39 is 0 Å². The van der Waals surface area contributed by atoms with Gasteiger partial charge in [0.15, 0.2) is 0 Å². The van der Waals surface area contributed by atoms with Gasteiger partial charge in [-0.25, -0.2) is 0 Å². The number of nitrogens with zero attached hydrogens (tertiary/aromatic N) is 1. The van der Waals surface area contributed by atoms with Gasteiger partial charge < -0.3 is 4.90 Å². The molecule has 0 saturated carbocycles. The van der Waals surface area contributed by atoms with Crippen LogP contribution in [0.4, 0.5) is 0 Å². The molecule has 1 aromatic rings. The second kappa shape index (κ2) is 35.8. The smallest absolute Gasteiger partial charge is 0.0712 e. The third-order valence-electron chi connectivity index (χ3n) is 10.2. The molecule has 270 valence electrons. The van der Waals surface area contributed by atoms with Crippen molar-refractivity contribution in [1.29, 1.82) is 0 Å². The van der Waals surface area contributed by atoms with E-state index in [2.05, 4.69) is 49.1 Å². The summed E-state index contributed by atoms with van der Waals surface area (Å²) in [5.41, 5.74) is 1.27. The van der Waals surface area contributed by atoms with Gasteiger partial charge in [0.05, 0.1) is 5.38 Å². The summed E-state index contributed by atoms with van der Waals surface area (Å²) in [5.74, 6) is 0. The van der Waals surface area contributed by atoms with Gasteiger partial charge in [-0.1, -0.05) is 237 Å². The third-order valence-corrected chi connectivity index (χ3v) is 10.6. The number of hydrogen-bond donors (Lipinski definition) is 0. The van der Waals surface area contributed by atoms with Crippen LogP contribution in [0.15, 0.2) is 30.3 Å². The Labute approximate surface area is 295 Å². The molecule has 0 aliphatic rings. The molecule has 0 radical (unpaired) electrons. The topological polar surface area (TPSA) is 3.24 Å². The molecule has 0 N–H and O–H groups in total. The Morgan fingerprint density at radius 2 is 0.652 bits per heavy atom. The zero-order valence-corrected chi connectivity index (χ0v) is 32.3. The molecular formula is C44H82ClN. The van der Waals surface area contributed by atoms with E-state index in [4.69, 9.17) is 11.6 Å². The van der Waals surface area contributed by atoms with Gasteiger partial charge >= 0.3 is 0 Å². The Morgan fingerprint density at radius 3 is 0.935 bits per heavy atom. The van der Waals surface area contributed by atoms with Crippen LogP contribution < -0.4 is 0 Å². The molecule has 0 fully saturated rings. The SMILES string of the molecule is CCCCCCCCCCCCCCCCCCN(CCCCCCCCCCCCCCCCCC)CC(Cl)c1ccccc1. The fourth-order valence-corrected chi connectivity index (χ4v) is 7.40. The molecule has 0 amide bonds. The monoisotopic (exact) mass is 660 g/mol. The van der Waals surface area contributed by atoms with Crippen LogP contribution >= 0.6 is 11.6 Å². The average molecular weight is 661 g/mol. The Bertz CT molecular complexity index is 654. The van der Waals surface area contributed by atoms with Crippen LogP contribution in [0.3, 0.4) is 0 Å². The normalized spacial score (nSPS) is 12.3. The molecule has 1 rings (SSSR count). The summed E-state index contributed by atoms with van der Waals surface area (Å²) in [6, 6.07) is 10.7. The Balaban J connectivity index is 2.06. The molecular weight excluding hydrogens is 578 g/mol. The maximum atomic E-state index is 6.91. The molecule has 0 spiro atoms. The van der Waals surface area contributed by atoms with Crippen LogP contribution in [0.5, 0.6) is 0 Å². The van der Waals surface area contributed by atoms with Crippen molar-refractivity contribution in [1.82, 2.24) is 4.90 Å². The van der Waals surface area contributed by atoms with Gasteiger partial charge in [-0.3, -0.25) is 0 Å². The van der Waals surface area contributed by atoms with E-state index in [1.54, 1.807) is 0 Å². The summed E-state index contributed by atoms with van der Waals surface area (Å²) in [7, 11) is 0. The van der Waals surface area contributed by atoms with E-state index in [-0.39, 0.29) is 5.38 Å². The van der Waals surface area contributed by atoms with Crippen LogP contribution in [0.1, 0.15) is 230 Å². The zero-order chi connectivity index (χ0) is 33.0. The molecule has 0 heterocycles. The van der Waals surface area contributed by atoms with Gasteiger partial charge in [0.2, 0.25) is 0 Å². The predicted molar refractivity (Wildman–Crippen MR) is 211 cm³/mol. The second-order valence-electron chi connectivity index (χ2n) is 14.8. The third kappa shape index (κ3) is 29.6. The molecule has 1 unspecified atom stereocenters. The molecule has 0 bridgehead atoms. The van der Waals surface area contributed by atoms with Crippen molar-refractivity contribution in [2.45, 2.75) is 225 Å². The van der Waals surface area contributed by atoms with Gasteiger partial charge in [0.1, 0.15) is 0 Å². The zero-order valence-electron chi connectivity index (χ0n) is 31.5.